The average molecular weight is 468 g/mol. The van der Waals surface area contributed by atoms with E-state index in [1.165, 1.54) is 13.0 Å². The SMILES string of the molecule is CCCOc1ccc(/C=C/C(=O)O[C@@H](C)C(=O)c2ccc(NC(=O)CCC)cc2)cc1OCC. The minimum absolute atomic E-state index is 0.0767. The Balaban J connectivity index is 1.96. The Labute approximate surface area is 201 Å². The smallest absolute Gasteiger partial charge is 0.331 e. The molecular weight excluding hydrogens is 434 g/mol. The molecule has 0 spiro atoms. The quantitative estimate of drug-likeness (QED) is 0.240. The first-order chi connectivity index (χ1) is 16.4. The molecule has 1 N–H and O–H groups in total. The zero-order valence-electron chi connectivity index (χ0n) is 20.3. The van der Waals surface area contributed by atoms with E-state index in [-0.39, 0.29) is 11.7 Å². The summed E-state index contributed by atoms with van der Waals surface area (Å²) in [5, 5.41) is 2.77. The van der Waals surface area contributed by atoms with Gasteiger partial charge in [0.05, 0.1) is 13.2 Å². The molecule has 34 heavy (non-hydrogen) atoms. The van der Waals surface area contributed by atoms with Crippen LogP contribution in [0.2, 0.25) is 0 Å². The zero-order valence-corrected chi connectivity index (χ0v) is 20.3. The second-order valence-electron chi connectivity index (χ2n) is 7.64. The summed E-state index contributed by atoms with van der Waals surface area (Å²) in [6.07, 6.45) is 3.99. The Morgan fingerprint density at radius 2 is 1.68 bits per heavy atom. The lowest BCUT2D eigenvalue weighted by Crippen LogP contribution is -2.23. The largest absolute Gasteiger partial charge is 0.490 e. The topological polar surface area (TPSA) is 90.9 Å². The molecule has 2 aromatic rings. The van der Waals surface area contributed by atoms with Crippen LogP contribution in [0.3, 0.4) is 0 Å². The molecule has 2 rings (SSSR count). The number of hydrogen-bond donors (Lipinski definition) is 1. The Hall–Kier alpha value is -3.61. The lowest BCUT2D eigenvalue weighted by atomic mass is 10.1. The number of ketones is 1. The van der Waals surface area contributed by atoms with E-state index in [2.05, 4.69) is 5.32 Å². The van der Waals surface area contributed by atoms with Crippen LogP contribution in [0.1, 0.15) is 62.9 Å². The standard InChI is InChI=1S/C27H33NO6/c1-5-8-25(29)28-22-13-11-21(12-14-22)27(31)19(4)34-26(30)16-10-20-9-15-23(33-17-6-2)24(18-20)32-7-3/h9-16,18-19H,5-8,17H2,1-4H3,(H,28,29)/b16-10+/t19-/m0/s1. The van der Waals surface area contributed by atoms with Gasteiger partial charge >= 0.3 is 5.97 Å². The van der Waals surface area contributed by atoms with Crippen molar-refractivity contribution in [2.75, 3.05) is 18.5 Å². The summed E-state index contributed by atoms with van der Waals surface area (Å²) < 4.78 is 16.6. The minimum atomic E-state index is -0.957. The molecular formula is C27H33NO6. The maximum absolute atomic E-state index is 12.6. The van der Waals surface area contributed by atoms with Crippen LogP contribution < -0.4 is 14.8 Å². The fourth-order valence-electron chi connectivity index (χ4n) is 3.06. The van der Waals surface area contributed by atoms with Crippen LogP contribution in [0.5, 0.6) is 11.5 Å². The third kappa shape index (κ3) is 8.39. The van der Waals surface area contributed by atoms with Crippen LogP contribution >= 0.6 is 0 Å². The van der Waals surface area contributed by atoms with Crippen LogP contribution in [-0.2, 0) is 14.3 Å². The number of carbonyl (C=O) groups is 3. The predicted octanol–water partition coefficient (Wildman–Crippen LogP) is 5.44. The summed E-state index contributed by atoms with van der Waals surface area (Å²) in [5.74, 6) is 0.216. The van der Waals surface area contributed by atoms with Gasteiger partial charge in [0.25, 0.3) is 0 Å². The van der Waals surface area contributed by atoms with Gasteiger partial charge < -0.3 is 19.5 Å². The molecule has 0 fully saturated rings. The van der Waals surface area contributed by atoms with E-state index in [1.807, 2.05) is 26.8 Å². The highest BCUT2D eigenvalue weighted by Crippen LogP contribution is 2.29. The Morgan fingerprint density at radius 3 is 2.32 bits per heavy atom. The molecule has 0 aliphatic rings. The van der Waals surface area contributed by atoms with Gasteiger partial charge in [-0.05, 0) is 74.7 Å². The van der Waals surface area contributed by atoms with Crippen LogP contribution in [-0.4, -0.2) is 37.0 Å². The first-order valence-electron chi connectivity index (χ1n) is 11.6. The third-order valence-corrected chi connectivity index (χ3v) is 4.73. The molecule has 1 atom stereocenters. The van der Waals surface area contributed by atoms with Gasteiger partial charge in [0, 0.05) is 23.7 Å². The first-order valence-corrected chi connectivity index (χ1v) is 11.6. The first kappa shape index (κ1) is 26.6. The Kier molecular flexibility index (Phi) is 10.8. The molecule has 7 nitrogen and oxygen atoms in total. The summed E-state index contributed by atoms with van der Waals surface area (Å²) in [6, 6.07) is 11.9. The molecule has 182 valence electrons. The van der Waals surface area contributed by atoms with E-state index < -0.39 is 12.1 Å². The number of rotatable bonds is 13. The van der Waals surface area contributed by atoms with Crippen molar-refractivity contribution in [3.63, 3.8) is 0 Å². The van der Waals surface area contributed by atoms with Crippen molar-refractivity contribution in [2.24, 2.45) is 0 Å². The van der Waals surface area contributed by atoms with E-state index in [1.54, 1.807) is 42.5 Å². The maximum Gasteiger partial charge on any atom is 0.331 e. The van der Waals surface area contributed by atoms with E-state index >= 15 is 0 Å². The van der Waals surface area contributed by atoms with Gasteiger partial charge in [0.1, 0.15) is 0 Å². The highest BCUT2D eigenvalue weighted by molar-refractivity contribution is 6.01. The molecule has 0 aromatic heterocycles. The van der Waals surface area contributed by atoms with Gasteiger partial charge in [0.15, 0.2) is 17.6 Å². The van der Waals surface area contributed by atoms with E-state index in [0.29, 0.717) is 42.4 Å². The number of esters is 1. The van der Waals surface area contributed by atoms with Gasteiger partial charge in [-0.3, -0.25) is 9.59 Å². The maximum atomic E-state index is 12.6. The van der Waals surface area contributed by atoms with Crippen molar-refractivity contribution in [2.45, 2.75) is 53.1 Å². The lowest BCUT2D eigenvalue weighted by molar-refractivity contribution is -0.140. The summed E-state index contributed by atoms with van der Waals surface area (Å²) in [5.41, 5.74) is 1.74. The zero-order chi connectivity index (χ0) is 24.9. The summed E-state index contributed by atoms with van der Waals surface area (Å²) in [7, 11) is 0. The van der Waals surface area contributed by atoms with E-state index in [9.17, 15) is 14.4 Å². The number of amides is 1. The van der Waals surface area contributed by atoms with Crippen molar-refractivity contribution < 1.29 is 28.6 Å². The fourth-order valence-corrected chi connectivity index (χ4v) is 3.06. The second-order valence-corrected chi connectivity index (χ2v) is 7.64. The van der Waals surface area contributed by atoms with Gasteiger partial charge in [-0.15, -0.1) is 0 Å². The highest BCUT2D eigenvalue weighted by Gasteiger charge is 2.18. The number of carbonyl (C=O) groups excluding carboxylic acids is 3. The van der Waals surface area contributed by atoms with E-state index in [4.69, 9.17) is 14.2 Å². The van der Waals surface area contributed by atoms with Crippen molar-refractivity contribution >= 4 is 29.4 Å². The summed E-state index contributed by atoms with van der Waals surface area (Å²) in [6.45, 7) is 8.44. The van der Waals surface area contributed by atoms with E-state index in [0.717, 1.165) is 18.4 Å². The van der Waals surface area contributed by atoms with Crippen LogP contribution in [0, 0.1) is 0 Å². The molecule has 0 saturated carbocycles. The molecule has 0 radical (unpaired) electrons. The van der Waals surface area contributed by atoms with Crippen molar-refractivity contribution in [1.82, 2.24) is 0 Å². The number of anilines is 1. The summed E-state index contributed by atoms with van der Waals surface area (Å²) in [4.78, 5) is 36.5. The third-order valence-electron chi connectivity index (χ3n) is 4.73. The molecule has 7 heteroatoms. The van der Waals surface area contributed by atoms with Gasteiger partial charge in [-0.2, -0.15) is 0 Å². The van der Waals surface area contributed by atoms with Crippen molar-refractivity contribution in [3.05, 3.63) is 59.7 Å². The lowest BCUT2D eigenvalue weighted by Gasteiger charge is -2.12. The second kappa shape index (κ2) is 13.8. The highest BCUT2D eigenvalue weighted by atomic mass is 16.5. The monoisotopic (exact) mass is 467 g/mol. The van der Waals surface area contributed by atoms with Gasteiger partial charge in [-0.1, -0.05) is 19.9 Å². The number of benzene rings is 2. The Morgan fingerprint density at radius 1 is 0.941 bits per heavy atom. The molecule has 0 bridgehead atoms. The predicted molar refractivity (Wildman–Crippen MR) is 132 cm³/mol. The van der Waals surface area contributed by atoms with Crippen molar-refractivity contribution in [1.29, 1.82) is 0 Å². The van der Waals surface area contributed by atoms with Gasteiger partial charge in [-0.25, -0.2) is 4.79 Å². The normalized spacial score (nSPS) is 11.6. The molecule has 0 unspecified atom stereocenters. The molecule has 0 aliphatic heterocycles. The average Bonchev–Trinajstić information content (AvgIpc) is 2.82. The molecule has 0 aliphatic carbocycles. The minimum Gasteiger partial charge on any atom is -0.490 e. The van der Waals surface area contributed by atoms with Crippen molar-refractivity contribution in [3.8, 4) is 11.5 Å². The fraction of sp³-hybridized carbons (Fsp3) is 0.370. The number of Topliss-reactive ketones (excluding diaryl/α,β-unsaturated/α-hetero) is 1. The van der Waals surface area contributed by atoms with Crippen LogP contribution in [0.4, 0.5) is 5.69 Å². The number of hydrogen-bond acceptors (Lipinski definition) is 6. The number of nitrogens with one attached hydrogen (secondary N) is 1. The number of ether oxygens (including phenoxy) is 3. The van der Waals surface area contributed by atoms with Crippen LogP contribution in [0.15, 0.2) is 48.5 Å². The van der Waals surface area contributed by atoms with Gasteiger partial charge in [0.2, 0.25) is 11.7 Å². The molecule has 1 amide bonds. The molecule has 0 saturated heterocycles. The molecule has 2 aromatic carbocycles. The molecule has 0 heterocycles. The van der Waals surface area contributed by atoms with Crippen LogP contribution in [0.25, 0.3) is 6.08 Å². The Bertz CT molecular complexity index is 997. The summed E-state index contributed by atoms with van der Waals surface area (Å²) >= 11 is 0.